The van der Waals surface area contributed by atoms with E-state index in [0.717, 1.165) is 5.56 Å². The van der Waals surface area contributed by atoms with Crippen molar-refractivity contribution in [3.8, 4) is 11.5 Å². The molecule has 7 heteroatoms. The second kappa shape index (κ2) is 8.35. The maximum absolute atomic E-state index is 13.2. The molecule has 3 aromatic rings. The first kappa shape index (κ1) is 18.4. The number of H-pyrrole nitrogens is 1. The second-order valence-corrected chi connectivity index (χ2v) is 6.03. The standard InChI is InChI=1S/C20H19FN4O2/c1-2-18(26)24-17(13-6-8-14(21)9-7-13)11-15-12-19(27)25-20(23-15)16-5-3-4-10-22-16/h3-10,12,17H,2,11H2,1H3,(H,24,26)(H,23,25,27)/t17-/m0/s1. The van der Waals surface area contributed by atoms with Crippen molar-refractivity contribution >= 4 is 5.91 Å². The summed E-state index contributed by atoms with van der Waals surface area (Å²) in [6.07, 6.45) is 2.23. The van der Waals surface area contributed by atoms with Gasteiger partial charge in [0.25, 0.3) is 5.56 Å². The molecule has 2 aromatic heterocycles. The number of benzene rings is 1. The molecule has 0 radical (unpaired) electrons. The van der Waals surface area contributed by atoms with E-state index in [1.165, 1.54) is 18.2 Å². The van der Waals surface area contributed by atoms with Gasteiger partial charge in [0.1, 0.15) is 11.5 Å². The van der Waals surface area contributed by atoms with Crippen molar-refractivity contribution in [3.63, 3.8) is 0 Å². The Morgan fingerprint density at radius 3 is 2.67 bits per heavy atom. The summed E-state index contributed by atoms with van der Waals surface area (Å²) in [5, 5.41) is 2.90. The zero-order valence-corrected chi connectivity index (χ0v) is 14.8. The Morgan fingerprint density at radius 1 is 1.22 bits per heavy atom. The number of carbonyl (C=O) groups excluding carboxylic acids is 1. The lowest BCUT2D eigenvalue weighted by molar-refractivity contribution is -0.121. The molecule has 0 bridgehead atoms. The van der Waals surface area contributed by atoms with Crippen LogP contribution >= 0.6 is 0 Å². The minimum atomic E-state index is -0.427. The van der Waals surface area contributed by atoms with Crippen molar-refractivity contribution in [2.24, 2.45) is 0 Å². The lowest BCUT2D eigenvalue weighted by atomic mass is 10.0. The quantitative estimate of drug-likeness (QED) is 0.702. The third-order valence-electron chi connectivity index (χ3n) is 4.04. The van der Waals surface area contributed by atoms with Crippen molar-refractivity contribution in [2.75, 3.05) is 0 Å². The highest BCUT2D eigenvalue weighted by atomic mass is 19.1. The van der Waals surface area contributed by atoms with Gasteiger partial charge in [-0.05, 0) is 29.8 Å². The van der Waals surface area contributed by atoms with Gasteiger partial charge in [-0.2, -0.15) is 0 Å². The smallest absolute Gasteiger partial charge is 0.251 e. The Labute approximate surface area is 155 Å². The van der Waals surface area contributed by atoms with Crippen LogP contribution in [0, 0.1) is 5.82 Å². The molecule has 1 atom stereocenters. The number of hydrogen-bond acceptors (Lipinski definition) is 4. The molecule has 2 N–H and O–H groups in total. The first-order valence-electron chi connectivity index (χ1n) is 8.61. The largest absolute Gasteiger partial charge is 0.349 e. The van der Waals surface area contributed by atoms with Crippen molar-refractivity contribution in [3.05, 3.63) is 82.2 Å². The Morgan fingerprint density at radius 2 is 2.00 bits per heavy atom. The van der Waals surface area contributed by atoms with Crippen molar-refractivity contribution in [1.82, 2.24) is 20.3 Å². The van der Waals surface area contributed by atoms with Crippen LogP contribution in [0.25, 0.3) is 11.5 Å². The third-order valence-corrected chi connectivity index (χ3v) is 4.04. The number of halogens is 1. The van der Waals surface area contributed by atoms with Gasteiger partial charge in [-0.3, -0.25) is 14.6 Å². The first-order chi connectivity index (χ1) is 13.0. The molecule has 3 rings (SSSR count). The lowest BCUT2D eigenvalue weighted by Crippen LogP contribution is -2.30. The number of nitrogens with one attached hydrogen (secondary N) is 2. The number of amides is 1. The van der Waals surface area contributed by atoms with E-state index in [1.54, 1.807) is 43.5 Å². The summed E-state index contributed by atoms with van der Waals surface area (Å²) in [7, 11) is 0. The molecule has 0 aliphatic heterocycles. The Bertz CT molecular complexity index is 971. The van der Waals surface area contributed by atoms with Crippen molar-refractivity contribution < 1.29 is 9.18 Å². The minimum absolute atomic E-state index is 0.140. The fraction of sp³-hybridized carbons (Fsp3) is 0.200. The van der Waals surface area contributed by atoms with Gasteiger partial charge in [-0.15, -0.1) is 0 Å². The highest BCUT2D eigenvalue weighted by molar-refractivity contribution is 5.76. The highest BCUT2D eigenvalue weighted by Crippen LogP contribution is 2.19. The van der Waals surface area contributed by atoms with Crippen LogP contribution in [-0.4, -0.2) is 20.9 Å². The molecule has 0 spiro atoms. The molecular weight excluding hydrogens is 347 g/mol. The fourth-order valence-electron chi connectivity index (χ4n) is 2.69. The molecule has 1 aromatic carbocycles. The number of hydrogen-bond donors (Lipinski definition) is 2. The summed E-state index contributed by atoms with van der Waals surface area (Å²) >= 11 is 0. The van der Waals surface area contributed by atoms with Crippen molar-refractivity contribution in [1.29, 1.82) is 0 Å². The normalized spacial score (nSPS) is 11.8. The summed E-state index contributed by atoms with van der Waals surface area (Å²) in [4.78, 5) is 35.3. The van der Waals surface area contributed by atoms with Gasteiger partial charge in [0.2, 0.25) is 5.91 Å². The summed E-state index contributed by atoms with van der Waals surface area (Å²) in [6.45, 7) is 1.75. The van der Waals surface area contributed by atoms with Gasteiger partial charge >= 0.3 is 0 Å². The number of rotatable bonds is 6. The molecule has 0 fully saturated rings. The SMILES string of the molecule is CCC(=O)N[C@@H](Cc1cc(=O)[nH]c(-c2ccccn2)n1)c1ccc(F)cc1. The number of pyridine rings is 1. The maximum atomic E-state index is 13.2. The topological polar surface area (TPSA) is 87.7 Å². The molecular formula is C20H19FN4O2. The molecule has 1 amide bonds. The van der Waals surface area contributed by atoms with Crippen LogP contribution in [0.5, 0.6) is 0 Å². The molecule has 0 aliphatic carbocycles. The van der Waals surface area contributed by atoms with E-state index in [1.807, 2.05) is 0 Å². The van der Waals surface area contributed by atoms with Gasteiger partial charge in [0.15, 0.2) is 5.82 Å². The first-order valence-corrected chi connectivity index (χ1v) is 8.61. The summed E-state index contributed by atoms with van der Waals surface area (Å²) in [6, 6.07) is 12.2. The Hall–Kier alpha value is -3.35. The molecule has 6 nitrogen and oxygen atoms in total. The molecule has 138 valence electrons. The average Bonchev–Trinajstić information content (AvgIpc) is 2.68. The third kappa shape index (κ3) is 4.84. The lowest BCUT2D eigenvalue weighted by Gasteiger charge is -2.19. The van der Waals surface area contributed by atoms with Gasteiger partial charge in [0.05, 0.1) is 11.7 Å². The van der Waals surface area contributed by atoms with E-state index in [0.29, 0.717) is 30.1 Å². The van der Waals surface area contributed by atoms with Gasteiger partial charge < -0.3 is 10.3 Å². The van der Waals surface area contributed by atoms with Crippen molar-refractivity contribution in [2.45, 2.75) is 25.8 Å². The van der Waals surface area contributed by atoms with Gasteiger partial charge in [-0.1, -0.05) is 25.1 Å². The van der Waals surface area contributed by atoms with E-state index in [2.05, 4.69) is 20.3 Å². The molecule has 0 saturated carbocycles. The predicted molar refractivity (Wildman–Crippen MR) is 99.4 cm³/mol. The van der Waals surface area contributed by atoms with E-state index in [-0.39, 0.29) is 17.3 Å². The molecule has 0 saturated heterocycles. The van der Waals surface area contributed by atoms with Crippen LogP contribution in [0.4, 0.5) is 4.39 Å². The molecule has 2 heterocycles. The van der Waals surface area contributed by atoms with E-state index in [4.69, 9.17) is 0 Å². The monoisotopic (exact) mass is 366 g/mol. The second-order valence-electron chi connectivity index (χ2n) is 6.03. The zero-order chi connectivity index (χ0) is 19.2. The van der Waals surface area contributed by atoms with E-state index < -0.39 is 6.04 Å². The summed E-state index contributed by atoms with van der Waals surface area (Å²) in [5.41, 5.74) is 1.48. The Kier molecular flexibility index (Phi) is 5.71. The van der Waals surface area contributed by atoms with E-state index in [9.17, 15) is 14.0 Å². The minimum Gasteiger partial charge on any atom is -0.349 e. The number of aromatic amines is 1. The molecule has 27 heavy (non-hydrogen) atoms. The van der Waals surface area contributed by atoms with Crippen LogP contribution in [0.15, 0.2) is 59.5 Å². The van der Waals surface area contributed by atoms with Crippen LogP contribution in [0.3, 0.4) is 0 Å². The number of aromatic nitrogens is 3. The highest BCUT2D eigenvalue weighted by Gasteiger charge is 2.17. The van der Waals surface area contributed by atoms with E-state index >= 15 is 0 Å². The number of nitrogens with zero attached hydrogens (tertiary/aromatic N) is 2. The average molecular weight is 366 g/mol. The van der Waals surface area contributed by atoms with Gasteiger partial charge in [0, 0.05) is 25.1 Å². The number of carbonyl (C=O) groups is 1. The predicted octanol–water partition coefficient (Wildman–Crippen LogP) is 2.78. The molecule has 0 aliphatic rings. The van der Waals surface area contributed by atoms with Crippen LogP contribution in [0.1, 0.15) is 30.6 Å². The zero-order valence-electron chi connectivity index (χ0n) is 14.8. The maximum Gasteiger partial charge on any atom is 0.251 e. The summed E-state index contributed by atoms with van der Waals surface area (Å²) < 4.78 is 13.2. The Balaban J connectivity index is 1.93. The summed E-state index contributed by atoms with van der Waals surface area (Å²) in [5.74, 6) is -0.136. The van der Waals surface area contributed by atoms with Crippen LogP contribution in [0.2, 0.25) is 0 Å². The van der Waals surface area contributed by atoms with Crippen LogP contribution < -0.4 is 10.9 Å². The van der Waals surface area contributed by atoms with Crippen LogP contribution in [-0.2, 0) is 11.2 Å². The molecule has 0 unspecified atom stereocenters. The van der Waals surface area contributed by atoms with Gasteiger partial charge in [-0.25, -0.2) is 9.37 Å². The fourth-order valence-corrected chi connectivity index (χ4v) is 2.69.